The molecule has 2 N–H and O–H groups in total. The van der Waals surface area contributed by atoms with Crippen LogP contribution in [0.3, 0.4) is 0 Å². The molecule has 2 aliphatic rings. The predicted octanol–water partition coefficient (Wildman–Crippen LogP) is 3.28. The van der Waals surface area contributed by atoms with Crippen molar-refractivity contribution in [3.05, 3.63) is 29.6 Å². The number of nitrogens with zero attached hydrogens (tertiary/aromatic N) is 1. The van der Waals surface area contributed by atoms with Gasteiger partial charge >= 0.3 is 0 Å². The minimum Gasteiger partial charge on any atom is -0.490 e. The van der Waals surface area contributed by atoms with Crippen LogP contribution in [0.25, 0.3) is 0 Å². The Bertz CT molecular complexity index is 661. The third kappa shape index (κ3) is 7.48. The summed E-state index contributed by atoms with van der Waals surface area (Å²) in [6.07, 6.45) is 4.37. The van der Waals surface area contributed by atoms with E-state index in [2.05, 4.69) is 15.6 Å². The van der Waals surface area contributed by atoms with Crippen molar-refractivity contribution in [3.8, 4) is 5.75 Å². The molecule has 1 aliphatic carbocycles. The Labute approximate surface area is 173 Å². The smallest absolute Gasteiger partial charge is 0.191 e. The van der Waals surface area contributed by atoms with E-state index in [1.54, 1.807) is 13.1 Å². The fourth-order valence-electron chi connectivity index (χ4n) is 3.22. The maximum absolute atomic E-state index is 14.3. The van der Waals surface area contributed by atoms with Crippen LogP contribution in [0.1, 0.15) is 44.2 Å². The molecule has 0 bridgehead atoms. The molecule has 1 saturated heterocycles. The molecule has 1 saturated carbocycles. The maximum Gasteiger partial charge on any atom is 0.191 e. The van der Waals surface area contributed by atoms with Crippen molar-refractivity contribution < 1.29 is 18.6 Å². The van der Waals surface area contributed by atoms with Crippen LogP contribution in [0.15, 0.2) is 23.2 Å². The van der Waals surface area contributed by atoms with E-state index in [4.69, 9.17) is 14.2 Å². The SMILES string of the molecule is CN=C(NCCCOCC1CCOC1)NC(C)c1ccc(OCC2CC2)c(F)c1. The number of benzene rings is 1. The largest absolute Gasteiger partial charge is 0.490 e. The molecule has 1 aliphatic heterocycles. The lowest BCUT2D eigenvalue weighted by Gasteiger charge is -2.19. The monoisotopic (exact) mass is 407 g/mol. The summed E-state index contributed by atoms with van der Waals surface area (Å²) in [4.78, 5) is 4.25. The fraction of sp³-hybridized carbons (Fsp3) is 0.682. The quantitative estimate of drug-likeness (QED) is 0.335. The van der Waals surface area contributed by atoms with Crippen molar-refractivity contribution in [2.24, 2.45) is 16.8 Å². The third-order valence-corrected chi connectivity index (χ3v) is 5.34. The Balaban J connectivity index is 1.35. The van der Waals surface area contributed by atoms with Gasteiger partial charge in [0.15, 0.2) is 17.5 Å². The minimum absolute atomic E-state index is 0.0770. The van der Waals surface area contributed by atoms with E-state index in [0.29, 0.717) is 36.8 Å². The van der Waals surface area contributed by atoms with Gasteiger partial charge in [-0.05, 0) is 56.2 Å². The van der Waals surface area contributed by atoms with Crippen LogP contribution in [-0.4, -0.2) is 52.6 Å². The summed E-state index contributed by atoms with van der Waals surface area (Å²) in [5.41, 5.74) is 0.853. The van der Waals surface area contributed by atoms with Gasteiger partial charge in [0.05, 0.1) is 25.9 Å². The van der Waals surface area contributed by atoms with E-state index in [1.165, 1.54) is 18.9 Å². The molecule has 2 unspecified atom stereocenters. The number of nitrogens with one attached hydrogen (secondary N) is 2. The molecule has 1 aromatic rings. The van der Waals surface area contributed by atoms with Crippen LogP contribution >= 0.6 is 0 Å². The molecule has 3 rings (SSSR count). The zero-order valence-electron chi connectivity index (χ0n) is 17.6. The molecule has 2 atom stereocenters. The molecule has 0 radical (unpaired) electrons. The van der Waals surface area contributed by atoms with Gasteiger partial charge in [0.2, 0.25) is 0 Å². The summed E-state index contributed by atoms with van der Waals surface area (Å²) in [7, 11) is 1.73. The van der Waals surface area contributed by atoms with Crippen molar-refractivity contribution in [3.63, 3.8) is 0 Å². The molecule has 0 spiro atoms. The fourth-order valence-corrected chi connectivity index (χ4v) is 3.22. The van der Waals surface area contributed by atoms with Crippen molar-refractivity contribution in [1.82, 2.24) is 10.6 Å². The van der Waals surface area contributed by atoms with E-state index >= 15 is 0 Å². The van der Waals surface area contributed by atoms with E-state index in [0.717, 1.165) is 44.8 Å². The van der Waals surface area contributed by atoms with Gasteiger partial charge in [-0.15, -0.1) is 0 Å². The van der Waals surface area contributed by atoms with Crippen LogP contribution < -0.4 is 15.4 Å². The van der Waals surface area contributed by atoms with Gasteiger partial charge in [-0.1, -0.05) is 6.07 Å². The van der Waals surface area contributed by atoms with Gasteiger partial charge in [0.25, 0.3) is 0 Å². The van der Waals surface area contributed by atoms with Crippen molar-refractivity contribution >= 4 is 5.96 Å². The number of aliphatic imine (C=N–C) groups is 1. The third-order valence-electron chi connectivity index (χ3n) is 5.34. The van der Waals surface area contributed by atoms with Crippen LogP contribution in [0.4, 0.5) is 4.39 Å². The highest BCUT2D eigenvalue weighted by molar-refractivity contribution is 5.80. The topological polar surface area (TPSA) is 64.1 Å². The second kappa shape index (κ2) is 11.4. The Morgan fingerprint density at radius 2 is 2.14 bits per heavy atom. The zero-order valence-corrected chi connectivity index (χ0v) is 17.6. The summed E-state index contributed by atoms with van der Waals surface area (Å²) in [5, 5.41) is 6.58. The normalized spacial score (nSPS) is 20.5. The number of rotatable bonds is 11. The molecule has 2 fully saturated rings. The summed E-state index contributed by atoms with van der Waals surface area (Å²) in [6.45, 7) is 6.52. The van der Waals surface area contributed by atoms with Gasteiger partial charge in [-0.3, -0.25) is 4.99 Å². The average Bonchev–Trinajstić information content (AvgIpc) is 3.41. The molecule has 29 heavy (non-hydrogen) atoms. The van der Waals surface area contributed by atoms with Crippen LogP contribution in [0.5, 0.6) is 5.75 Å². The van der Waals surface area contributed by atoms with Gasteiger partial charge < -0.3 is 24.8 Å². The molecular formula is C22H34FN3O3. The molecular weight excluding hydrogens is 373 g/mol. The van der Waals surface area contributed by atoms with Crippen molar-refractivity contribution in [2.45, 2.75) is 38.6 Å². The second-order valence-electron chi connectivity index (χ2n) is 7.97. The van der Waals surface area contributed by atoms with Gasteiger partial charge in [-0.2, -0.15) is 0 Å². The molecule has 7 heteroatoms. The lowest BCUT2D eigenvalue weighted by molar-refractivity contribution is 0.0888. The Morgan fingerprint density at radius 3 is 2.83 bits per heavy atom. The number of halogens is 1. The van der Waals surface area contributed by atoms with E-state index in [-0.39, 0.29) is 11.9 Å². The maximum atomic E-state index is 14.3. The highest BCUT2D eigenvalue weighted by Crippen LogP contribution is 2.30. The van der Waals surface area contributed by atoms with E-state index in [1.807, 2.05) is 13.0 Å². The number of hydrogen-bond donors (Lipinski definition) is 2. The Morgan fingerprint density at radius 1 is 1.28 bits per heavy atom. The van der Waals surface area contributed by atoms with Crippen LogP contribution in [-0.2, 0) is 9.47 Å². The Kier molecular flexibility index (Phi) is 8.55. The first kappa shape index (κ1) is 21.8. The summed E-state index contributed by atoms with van der Waals surface area (Å²) in [5.74, 6) is 1.86. The average molecular weight is 408 g/mol. The van der Waals surface area contributed by atoms with Crippen molar-refractivity contribution in [1.29, 1.82) is 0 Å². The molecule has 162 valence electrons. The van der Waals surface area contributed by atoms with Crippen LogP contribution in [0, 0.1) is 17.7 Å². The summed E-state index contributed by atoms with van der Waals surface area (Å²) < 4.78 is 30.9. The van der Waals surface area contributed by atoms with Gasteiger partial charge in [0.1, 0.15) is 0 Å². The lowest BCUT2D eigenvalue weighted by Crippen LogP contribution is -2.39. The van der Waals surface area contributed by atoms with E-state index in [9.17, 15) is 4.39 Å². The number of ether oxygens (including phenoxy) is 3. The van der Waals surface area contributed by atoms with Crippen LogP contribution in [0.2, 0.25) is 0 Å². The predicted molar refractivity (Wildman–Crippen MR) is 112 cm³/mol. The Hall–Kier alpha value is -1.86. The summed E-state index contributed by atoms with van der Waals surface area (Å²) in [6, 6.07) is 5.07. The molecule has 1 heterocycles. The molecule has 0 amide bonds. The number of hydrogen-bond acceptors (Lipinski definition) is 4. The van der Waals surface area contributed by atoms with Gasteiger partial charge in [-0.25, -0.2) is 4.39 Å². The van der Waals surface area contributed by atoms with E-state index < -0.39 is 0 Å². The molecule has 1 aromatic carbocycles. The first-order valence-electron chi connectivity index (χ1n) is 10.7. The second-order valence-corrected chi connectivity index (χ2v) is 7.97. The van der Waals surface area contributed by atoms with Gasteiger partial charge in [0, 0.05) is 32.7 Å². The minimum atomic E-state index is -0.315. The lowest BCUT2D eigenvalue weighted by atomic mass is 10.1. The highest BCUT2D eigenvalue weighted by Gasteiger charge is 2.22. The first-order chi connectivity index (χ1) is 14.2. The zero-order chi connectivity index (χ0) is 20.5. The number of guanidine groups is 1. The molecule has 0 aromatic heterocycles. The standard InChI is InChI=1S/C22H34FN3O3/c1-16(19-6-7-21(20(23)12-19)29-15-17-4-5-17)26-22(24-2)25-9-3-10-27-13-18-8-11-28-14-18/h6-7,12,16-18H,3-5,8-11,13-15H2,1-2H3,(H2,24,25,26). The summed E-state index contributed by atoms with van der Waals surface area (Å²) >= 11 is 0. The molecule has 6 nitrogen and oxygen atoms in total. The highest BCUT2D eigenvalue weighted by atomic mass is 19.1. The van der Waals surface area contributed by atoms with Crippen molar-refractivity contribution in [2.75, 3.05) is 46.6 Å². The first-order valence-corrected chi connectivity index (χ1v) is 10.7.